The van der Waals surface area contributed by atoms with E-state index in [1.54, 1.807) is 18.2 Å². The van der Waals surface area contributed by atoms with Crippen LogP contribution in [0.3, 0.4) is 0 Å². The third-order valence-electron chi connectivity index (χ3n) is 4.03. The number of rotatable bonds is 9. The smallest absolute Gasteiger partial charge is 0.276 e. The number of carbonyl (C=O) groups is 2. The van der Waals surface area contributed by atoms with Crippen LogP contribution in [0.1, 0.15) is 30.3 Å². The van der Waals surface area contributed by atoms with Crippen molar-refractivity contribution in [2.24, 2.45) is 0 Å². The lowest BCUT2D eigenvalue weighted by atomic mass is 10.1. The number of nitrogens with zero attached hydrogens (tertiary/aromatic N) is 2. The van der Waals surface area contributed by atoms with Crippen LogP contribution in [0.2, 0.25) is 0 Å². The molecule has 1 aromatic heterocycles. The Morgan fingerprint density at radius 2 is 1.59 bits per heavy atom. The first-order valence-corrected chi connectivity index (χ1v) is 10.5. The highest BCUT2D eigenvalue weighted by molar-refractivity contribution is 7.98. The molecule has 0 saturated heterocycles. The Hall–Kier alpha value is -2.81. The summed E-state index contributed by atoms with van der Waals surface area (Å²) in [6, 6.07) is 7.09. The van der Waals surface area contributed by atoms with Gasteiger partial charge >= 0.3 is 0 Å². The van der Waals surface area contributed by atoms with E-state index in [2.05, 4.69) is 20.8 Å². The summed E-state index contributed by atoms with van der Waals surface area (Å²) in [5.41, 5.74) is 7.41. The van der Waals surface area contributed by atoms with Crippen molar-refractivity contribution in [3.05, 3.63) is 41.2 Å². The van der Waals surface area contributed by atoms with Gasteiger partial charge in [-0.3, -0.25) is 20.4 Å². The molecular formula is C20H26N4O4S. The number of ether oxygens (including phenoxy) is 2. The molecule has 2 rings (SSSR count). The Balaban J connectivity index is 1.77. The number of thioether (sulfide) groups is 1. The number of benzene rings is 1. The van der Waals surface area contributed by atoms with Gasteiger partial charge in [0.1, 0.15) is 0 Å². The number of aryl methyl sites for hydroxylation is 2. The molecule has 8 nitrogen and oxygen atoms in total. The molecule has 0 fully saturated rings. The van der Waals surface area contributed by atoms with Crippen LogP contribution in [0.4, 0.5) is 0 Å². The van der Waals surface area contributed by atoms with Crippen LogP contribution in [0, 0.1) is 13.8 Å². The topological polar surface area (TPSA) is 102 Å². The SMILES string of the molecule is CCOc1ccccc1OCC(=O)NNC(=O)CCc1c(C)nc(SC)nc1C. The summed E-state index contributed by atoms with van der Waals surface area (Å²) in [6.07, 6.45) is 2.62. The Morgan fingerprint density at radius 1 is 1.00 bits per heavy atom. The number of carbonyl (C=O) groups excluding carboxylic acids is 2. The van der Waals surface area contributed by atoms with E-state index < -0.39 is 5.91 Å². The van der Waals surface area contributed by atoms with Gasteiger partial charge in [-0.1, -0.05) is 23.9 Å². The zero-order valence-corrected chi connectivity index (χ0v) is 17.9. The summed E-state index contributed by atoms with van der Waals surface area (Å²) < 4.78 is 10.9. The van der Waals surface area contributed by atoms with E-state index in [1.807, 2.05) is 33.1 Å². The predicted octanol–water partition coefficient (Wildman–Crippen LogP) is 2.37. The first-order valence-electron chi connectivity index (χ1n) is 9.25. The second-order valence-electron chi connectivity index (χ2n) is 6.12. The van der Waals surface area contributed by atoms with Gasteiger partial charge in [-0.2, -0.15) is 0 Å². The van der Waals surface area contributed by atoms with Crippen molar-refractivity contribution in [3.8, 4) is 11.5 Å². The third kappa shape index (κ3) is 6.94. The van der Waals surface area contributed by atoms with Crippen molar-refractivity contribution >= 4 is 23.6 Å². The summed E-state index contributed by atoms with van der Waals surface area (Å²) >= 11 is 1.48. The van der Waals surface area contributed by atoms with E-state index in [0.29, 0.717) is 29.7 Å². The van der Waals surface area contributed by atoms with E-state index >= 15 is 0 Å². The molecular weight excluding hydrogens is 392 g/mol. The normalized spacial score (nSPS) is 10.3. The van der Waals surface area contributed by atoms with Gasteiger partial charge in [0.05, 0.1) is 6.61 Å². The van der Waals surface area contributed by atoms with Crippen LogP contribution in [-0.4, -0.2) is 41.3 Å². The molecule has 0 aliphatic heterocycles. The van der Waals surface area contributed by atoms with Crippen molar-refractivity contribution in [1.29, 1.82) is 0 Å². The molecule has 1 aromatic carbocycles. The van der Waals surface area contributed by atoms with E-state index in [0.717, 1.165) is 17.0 Å². The fourth-order valence-corrected chi connectivity index (χ4v) is 3.08. The van der Waals surface area contributed by atoms with Gasteiger partial charge in [0, 0.05) is 17.8 Å². The van der Waals surface area contributed by atoms with Crippen LogP contribution in [-0.2, 0) is 16.0 Å². The highest BCUT2D eigenvalue weighted by Gasteiger charge is 2.12. The van der Waals surface area contributed by atoms with Gasteiger partial charge in [-0.15, -0.1) is 0 Å². The number of aromatic nitrogens is 2. The summed E-state index contributed by atoms with van der Waals surface area (Å²) in [6.45, 7) is 5.92. The van der Waals surface area contributed by atoms with Crippen LogP contribution in [0.15, 0.2) is 29.4 Å². The third-order valence-corrected chi connectivity index (χ3v) is 4.58. The first-order chi connectivity index (χ1) is 13.9. The molecule has 2 aromatic rings. The summed E-state index contributed by atoms with van der Waals surface area (Å²) in [4.78, 5) is 32.8. The Bertz CT molecular complexity index is 837. The lowest BCUT2D eigenvalue weighted by molar-refractivity contribution is -0.130. The summed E-state index contributed by atoms with van der Waals surface area (Å²) in [5.74, 6) is 0.258. The van der Waals surface area contributed by atoms with Crippen molar-refractivity contribution in [2.75, 3.05) is 19.5 Å². The minimum Gasteiger partial charge on any atom is -0.490 e. The second kappa shape index (κ2) is 11.3. The zero-order chi connectivity index (χ0) is 21.2. The van der Waals surface area contributed by atoms with E-state index in [1.165, 1.54) is 11.8 Å². The van der Waals surface area contributed by atoms with Crippen LogP contribution in [0.25, 0.3) is 0 Å². The van der Waals surface area contributed by atoms with Gasteiger partial charge in [0.2, 0.25) is 5.91 Å². The highest BCUT2D eigenvalue weighted by atomic mass is 32.2. The number of hydrogen-bond acceptors (Lipinski definition) is 7. The molecule has 0 aliphatic rings. The van der Waals surface area contributed by atoms with Gasteiger partial charge < -0.3 is 9.47 Å². The number of hydrogen-bond donors (Lipinski definition) is 2. The molecule has 0 aliphatic carbocycles. The Morgan fingerprint density at radius 3 is 2.17 bits per heavy atom. The van der Waals surface area contributed by atoms with E-state index in [4.69, 9.17) is 9.47 Å². The van der Waals surface area contributed by atoms with Crippen molar-refractivity contribution in [3.63, 3.8) is 0 Å². The molecule has 156 valence electrons. The molecule has 0 atom stereocenters. The highest BCUT2D eigenvalue weighted by Crippen LogP contribution is 2.26. The Labute approximate surface area is 174 Å². The fraction of sp³-hybridized carbons (Fsp3) is 0.400. The van der Waals surface area contributed by atoms with Crippen LogP contribution < -0.4 is 20.3 Å². The quantitative estimate of drug-likeness (QED) is 0.366. The van der Waals surface area contributed by atoms with Gasteiger partial charge in [-0.05, 0) is 51.1 Å². The molecule has 0 unspecified atom stereocenters. The minimum atomic E-state index is -0.468. The van der Waals surface area contributed by atoms with Crippen LogP contribution >= 0.6 is 11.8 Å². The molecule has 9 heteroatoms. The first kappa shape index (κ1) is 22.5. The van der Waals surface area contributed by atoms with Gasteiger partial charge in [0.15, 0.2) is 23.3 Å². The molecule has 0 saturated carbocycles. The maximum Gasteiger partial charge on any atom is 0.276 e. The van der Waals surface area contributed by atoms with Crippen molar-refractivity contribution in [1.82, 2.24) is 20.8 Å². The van der Waals surface area contributed by atoms with E-state index in [9.17, 15) is 9.59 Å². The van der Waals surface area contributed by atoms with Crippen molar-refractivity contribution in [2.45, 2.75) is 38.8 Å². The number of hydrazine groups is 1. The molecule has 2 amide bonds. The summed E-state index contributed by atoms with van der Waals surface area (Å²) in [5, 5.41) is 0.714. The molecule has 29 heavy (non-hydrogen) atoms. The maximum atomic E-state index is 12.0. The maximum absolute atomic E-state index is 12.0. The zero-order valence-electron chi connectivity index (χ0n) is 17.1. The lowest BCUT2D eigenvalue weighted by Crippen LogP contribution is -2.43. The van der Waals surface area contributed by atoms with E-state index in [-0.39, 0.29) is 18.9 Å². The van der Waals surface area contributed by atoms with Gasteiger partial charge in [-0.25, -0.2) is 9.97 Å². The fourth-order valence-electron chi connectivity index (χ4n) is 2.63. The minimum absolute atomic E-state index is 0.206. The van der Waals surface area contributed by atoms with Gasteiger partial charge in [0.25, 0.3) is 5.91 Å². The standard InChI is InChI=1S/C20H26N4O4S/c1-5-27-16-8-6-7-9-17(16)28-12-19(26)24-23-18(25)11-10-15-13(2)21-20(29-4)22-14(15)3/h6-9H,5,10-12H2,1-4H3,(H,23,25)(H,24,26). The predicted molar refractivity (Wildman–Crippen MR) is 111 cm³/mol. The second-order valence-corrected chi connectivity index (χ2v) is 6.90. The number of amides is 2. The molecule has 1 heterocycles. The Kier molecular flexibility index (Phi) is 8.72. The number of nitrogens with one attached hydrogen (secondary N) is 2. The average molecular weight is 419 g/mol. The molecule has 0 bridgehead atoms. The number of para-hydroxylation sites is 2. The van der Waals surface area contributed by atoms with Crippen molar-refractivity contribution < 1.29 is 19.1 Å². The molecule has 0 radical (unpaired) electrons. The van der Waals surface area contributed by atoms with Crippen LogP contribution in [0.5, 0.6) is 11.5 Å². The largest absolute Gasteiger partial charge is 0.490 e. The lowest BCUT2D eigenvalue weighted by Gasteiger charge is -2.12. The molecule has 2 N–H and O–H groups in total. The monoisotopic (exact) mass is 418 g/mol. The average Bonchev–Trinajstić information content (AvgIpc) is 2.71. The summed E-state index contributed by atoms with van der Waals surface area (Å²) in [7, 11) is 0. The molecule has 0 spiro atoms.